The number of nitrogens with zero attached hydrogens (tertiary/aromatic N) is 4. The van der Waals surface area contributed by atoms with Crippen molar-refractivity contribution in [2.75, 3.05) is 16.8 Å². The summed E-state index contributed by atoms with van der Waals surface area (Å²) >= 11 is 2.01. The molecule has 0 amide bonds. The van der Waals surface area contributed by atoms with Crippen LogP contribution < -0.4 is 5.32 Å². The van der Waals surface area contributed by atoms with Gasteiger partial charge in [-0.05, 0) is 47.2 Å². The Hall–Kier alpha value is -1.56. The Labute approximate surface area is 110 Å². The molecule has 18 heavy (non-hydrogen) atoms. The van der Waals surface area contributed by atoms with Crippen LogP contribution in [0.3, 0.4) is 0 Å². The second-order valence-electron chi connectivity index (χ2n) is 4.46. The minimum Gasteiger partial charge on any atom is -0.381 e. The highest BCUT2D eigenvalue weighted by Crippen LogP contribution is 2.25. The molecule has 1 saturated heterocycles. The second kappa shape index (κ2) is 4.97. The molecule has 1 aliphatic rings. The number of hydrogen-bond donors (Lipinski definition) is 1. The number of hydrogen-bond acceptors (Lipinski definition) is 5. The molecule has 0 bridgehead atoms. The van der Waals surface area contributed by atoms with Crippen molar-refractivity contribution in [1.29, 1.82) is 0 Å². The van der Waals surface area contributed by atoms with E-state index in [0.717, 1.165) is 5.69 Å². The fraction of sp³-hybridized carbons (Fsp3) is 0.417. The van der Waals surface area contributed by atoms with Crippen molar-refractivity contribution in [3.05, 3.63) is 30.1 Å². The van der Waals surface area contributed by atoms with Crippen LogP contribution >= 0.6 is 11.8 Å². The number of aromatic nitrogens is 4. The van der Waals surface area contributed by atoms with Crippen molar-refractivity contribution in [3.63, 3.8) is 0 Å². The SMILES string of the molecule is Cc1ccc(-n2cnnn2)cc1NC1CCSC1. The van der Waals surface area contributed by atoms with Crippen LogP contribution in [0.5, 0.6) is 0 Å². The minimum absolute atomic E-state index is 0.581. The molecule has 2 aromatic rings. The van der Waals surface area contributed by atoms with E-state index in [1.807, 2.05) is 17.8 Å². The molecule has 94 valence electrons. The summed E-state index contributed by atoms with van der Waals surface area (Å²) in [6, 6.07) is 6.81. The minimum atomic E-state index is 0.581. The molecule has 0 saturated carbocycles. The van der Waals surface area contributed by atoms with Crippen LogP contribution in [0.15, 0.2) is 24.5 Å². The molecule has 5 nitrogen and oxygen atoms in total. The van der Waals surface area contributed by atoms with E-state index in [0.29, 0.717) is 6.04 Å². The molecule has 1 aromatic heterocycles. The zero-order valence-electron chi connectivity index (χ0n) is 10.2. The maximum Gasteiger partial charge on any atom is 0.143 e. The van der Waals surface area contributed by atoms with Gasteiger partial charge in [0.1, 0.15) is 6.33 Å². The summed E-state index contributed by atoms with van der Waals surface area (Å²) < 4.78 is 1.67. The van der Waals surface area contributed by atoms with Crippen LogP contribution in [0, 0.1) is 6.92 Å². The van der Waals surface area contributed by atoms with Crippen molar-refractivity contribution in [1.82, 2.24) is 20.2 Å². The summed E-state index contributed by atoms with van der Waals surface area (Å²) in [5.74, 6) is 2.44. The zero-order valence-corrected chi connectivity index (χ0v) is 11.0. The fourth-order valence-electron chi connectivity index (χ4n) is 2.06. The van der Waals surface area contributed by atoms with E-state index < -0.39 is 0 Å². The Morgan fingerprint density at radius 1 is 1.44 bits per heavy atom. The summed E-state index contributed by atoms with van der Waals surface area (Å²) in [6.45, 7) is 2.12. The Morgan fingerprint density at radius 3 is 3.11 bits per heavy atom. The summed E-state index contributed by atoms with van der Waals surface area (Å²) in [7, 11) is 0. The molecule has 1 unspecified atom stereocenters. The molecule has 1 atom stereocenters. The van der Waals surface area contributed by atoms with E-state index in [-0.39, 0.29) is 0 Å². The predicted octanol–water partition coefficient (Wildman–Crippen LogP) is 1.89. The third-order valence-electron chi connectivity index (χ3n) is 3.12. The first-order valence-electron chi connectivity index (χ1n) is 6.01. The Bertz CT molecular complexity index is 519. The number of thioether (sulfide) groups is 1. The largest absolute Gasteiger partial charge is 0.381 e. The lowest BCUT2D eigenvalue weighted by molar-refractivity contribution is 0.786. The van der Waals surface area contributed by atoms with E-state index in [2.05, 4.69) is 39.9 Å². The molecule has 1 aliphatic heterocycles. The van der Waals surface area contributed by atoms with Gasteiger partial charge >= 0.3 is 0 Å². The topological polar surface area (TPSA) is 55.6 Å². The van der Waals surface area contributed by atoms with Crippen LogP contribution in [-0.2, 0) is 0 Å². The van der Waals surface area contributed by atoms with Gasteiger partial charge in [0, 0.05) is 17.5 Å². The number of tetrazole rings is 1. The van der Waals surface area contributed by atoms with Crippen molar-refractivity contribution < 1.29 is 0 Å². The second-order valence-corrected chi connectivity index (χ2v) is 5.61. The van der Waals surface area contributed by atoms with Crippen LogP contribution in [0.4, 0.5) is 5.69 Å². The van der Waals surface area contributed by atoms with Gasteiger partial charge in [0.05, 0.1) is 5.69 Å². The number of benzene rings is 1. The lowest BCUT2D eigenvalue weighted by atomic mass is 10.1. The summed E-state index contributed by atoms with van der Waals surface area (Å²) in [5, 5.41) is 14.8. The van der Waals surface area contributed by atoms with Crippen molar-refractivity contribution in [2.24, 2.45) is 0 Å². The molecular weight excluding hydrogens is 246 g/mol. The average Bonchev–Trinajstić information content (AvgIpc) is 3.04. The molecule has 2 heterocycles. The molecule has 0 spiro atoms. The van der Waals surface area contributed by atoms with Gasteiger partial charge in [-0.25, -0.2) is 4.68 Å². The highest BCUT2D eigenvalue weighted by Gasteiger charge is 2.16. The molecule has 0 aliphatic carbocycles. The number of rotatable bonds is 3. The van der Waals surface area contributed by atoms with E-state index >= 15 is 0 Å². The number of nitrogens with one attached hydrogen (secondary N) is 1. The van der Waals surface area contributed by atoms with Crippen LogP contribution in [0.1, 0.15) is 12.0 Å². The molecule has 3 rings (SSSR count). The standard InChI is InChI=1S/C12H15N5S/c1-9-2-3-11(17-8-13-15-16-17)6-12(9)14-10-4-5-18-7-10/h2-3,6,8,10,14H,4-5,7H2,1H3. The highest BCUT2D eigenvalue weighted by atomic mass is 32.2. The third-order valence-corrected chi connectivity index (χ3v) is 4.29. The third kappa shape index (κ3) is 2.33. The number of anilines is 1. The van der Waals surface area contributed by atoms with E-state index in [1.165, 1.54) is 29.2 Å². The number of aryl methyl sites for hydroxylation is 1. The molecule has 0 radical (unpaired) electrons. The van der Waals surface area contributed by atoms with Gasteiger partial charge < -0.3 is 5.32 Å². The molecular formula is C12H15N5S. The first kappa shape index (κ1) is 11.5. The van der Waals surface area contributed by atoms with Gasteiger partial charge in [0.25, 0.3) is 0 Å². The van der Waals surface area contributed by atoms with Gasteiger partial charge in [0.2, 0.25) is 0 Å². The summed E-state index contributed by atoms with van der Waals surface area (Å²) in [6.07, 6.45) is 2.85. The van der Waals surface area contributed by atoms with E-state index in [1.54, 1.807) is 11.0 Å². The fourth-order valence-corrected chi connectivity index (χ4v) is 3.21. The zero-order chi connectivity index (χ0) is 12.4. The van der Waals surface area contributed by atoms with Gasteiger partial charge in [0.15, 0.2) is 0 Å². The lowest BCUT2D eigenvalue weighted by Gasteiger charge is -2.16. The Balaban J connectivity index is 1.86. The normalized spacial score (nSPS) is 19.1. The maximum atomic E-state index is 3.91. The monoisotopic (exact) mass is 261 g/mol. The molecule has 1 aromatic carbocycles. The molecule has 6 heteroatoms. The maximum absolute atomic E-state index is 3.91. The van der Waals surface area contributed by atoms with Crippen molar-refractivity contribution >= 4 is 17.4 Å². The van der Waals surface area contributed by atoms with Gasteiger partial charge in [-0.15, -0.1) is 5.10 Å². The van der Waals surface area contributed by atoms with Crippen molar-refractivity contribution in [3.8, 4) is 5.69 Å². The van der Waals surface area contributed by atoms with Gasteiger partial charge in [-0.2, -0.15) is 11.8 Å². The van der Waals surface area contributed by atoms with Gasteiger partial charge in [-0.1, -0.05) is 6.07 Å². The quantitative estimate of drug-likeness (QED) is 0.914. The Kier molecular flexibility index (Phi) is 3.19. The van der Waals surface area contributed by atoms with Gasteiger partial charge in [-0.3, -0.25) is 0 Å². The first-order valence-corrected chi connectivity index (χ1v) is 7.17. The van der Waals surface area contributed by atoms with Crippen molar-refractivity contribution in [2.45, 2.75) is 19.4 Å². The Morgan fingerprint density at radius 2 is 2.39 bits per heavy atom. The smallest absolute Gasteiger partial charge is 0.143 e. The summed E-state index contributed by atoms with van der Waals surface area (Å²) in [4.78, 5) is 0. The predicted molar refractivity (Wildman–Crippen MR) is 73.2 cm³/mol. The molecule has 1 N–H and O–H groups in total. The van der Waals surface area contributed by atoms with Crippen LogP contribution in [0.25, 0.3) is 5.69 Å². The highest BCUT2D eigenvalue weighted by molar-refractivity contribution is 7.99. The summed E-state index contributed by atoms with van der Waals surface area (Å²) in [5.41, 5.74) is 3.41. The molecule has 1 fully saturated rings. The first-order chi connectivity index (χ1) is 8.83. The van der Waals surface area contributed by atoms with Crippen LogP contribution in [0.2, 0.25) is 0 Å². The van der Waals surface area contributed by atoms with Crippen LogP contribution in [-0.4, -0.2) is 37.8 Å². The lowest BCUT2D eigenvalue weighted by Crippen LogP contribution is -2.18. The van der Waals surface area contributed by atoms with E-state index in [4.69, 9.17) is 0 Å². The average molecular weight is 261 g/mol. The van der Waals surface area contributed by atoms with E-state index in [9.17, 15) is 0 Å².